The van der Waals surface area contributed by atoms with Crippen LogP contribution in [0, 0.1) is 11.3 Å². The fourth-order valence-electron chi connectivity index (χ4n) is 2.02. The van der Waals surface area contributed by atoms with Crippen molar-refractivity contribution < 1.29 is 10.2 Å². The lowest BCUT2D eigenvalue weighted by Crippen LogP contribution is -2.37. The van der Waals surface area contributed by atoms with Crippen molar-refractivity contribution in [3.8, 4) is 0 Å². The quantitative estimate of drug-likeness (QED) is 0.688. The van der Waals surface area contributed by atoms with Crippen LogP contribution >= 0.6 is 0 Å². The minimum absolute atomic E-state index is 0.0321. The summed E-state index contributed by atoms with van der Waals surface area (Å²) in [6.07, 6.45) is 2.10. The molecule has 3 nitrogen and oxygen atoms in total. The van der Waals surface area contributed by atoms with Gasteiger partial charge in [-0.3, -0.25) is 0 Å². The first-order valence-corrected chi connectivity index (χ1v) is 5.57. The zero-order valence-corrected chi connectivity index (χ0v) is 9.37. The van der Waals surface area contributed by atoms with Crippen LogP contribution in [0.15, 0.2) is 0 Å². The van der Waals surface area contributed by atoms with Gasteiger partial charge in [0.2, 0.25) is 0 Å². The third-order valence-electron chi connectivity index (χ3n) is 3.47. The molecule has 0 aromatic heterocycles. The topological polar surface area (TPSA) is 43.7 Å². The molecule has 14 heavy (non-hydrogen) atoms. The van der Waals surface area contributed by atoms with Crippen LogP contribution in [0.1, 0.15) is 26.7 Å². The highest BCUT2D eigenvalue weighted by atomic mass is 16.3. The molecule has 0 radical (unpaired) electrons. The fourth-order valence-corrected chi connectivity index (χ4v) is 2.02. The Morgan fingerprint density at radius 3 is 2.57 bits per heavy atom. The molecule has 2 atom stereocenters. The Labute approximate surface area is 86.7 Å². The van der Waals surface area contributed by atoms with Crippen LogP contribution in [-0.2, 0) is 0 Å². The molecule has 84 valence electrons. The first-order valence-electron chi connectivity index (χ1n) is 5.57. The lowest BCUT2D eigenvalue weighted by molar-refractivity contribution is 0.0915. The maximum absolute atomic E-state index is 9.29. The summed E-state index contributed by atoms with van der Waals surface area (Å²) in [6.45, 7) is 7.82. The van der Waals surface area contributed by atoms with Gasteiger partial charge in [0.05, 0.1) is 0 Å². The van der Waals surface area contributed by atoms with Gasteiger partial charge in [0.25, 0.3) is 0 Å². The van der Waals surface area contributed by atoms with E-state index in [1.807, 2.05) is 0 Å². The molecule has 2 N–H and O–H groups in total. The van der Waals surface area contributed by atoms with Crippen LogP contribution in [0.5, 0.6) is 0 Å². The van der Waals surface area contributed by atoms with Crippen LogP contribution in [0.2, 0.25) is 0 Å². The molecule has 0 spiro atoms. The lowest BCUT2D eigenvalue weighted by atomic mass is 9.88. The Morgan fingerprint density at radius 1 is 1.43 bits per heavy atom. The van der Waals surface area contributed by atoms with Gasteiger partial charge in [0.1, 0.15) is 0 Å². The van der Waals surface area contributed by atoms with Gasteiger partial charge in [-0.05, 0) is 25.3 Å². The summed E-state index contributed by atoms with van der Waals surface area (Å²) in [6, 6.07) is 0. The molecule has 1 aliphatic rings. The first-order chi connectivity index (χ1) is 6.63. The van der Waals surface area contributed by atoms with Crippen molar-refractivity contribution >= 4 is 0 Å². The number of hydrogen-bond acceptors (Lipinski definition) is 3. The summed E-state index contributed by atoms with van der Waals surface area (Å²) < 4.78 is 0. The third-order valence-corrected chi connectivity index (χ3v) is 3.47. The summed E-state index contributed by atoms with van der Waals surface area (Å²) in [4.78, 5) is 2.36. The zero-order chi connectivity index (χ0) is 10.6. The number of hydrogen-bond donors (Lipinski definition) is 2. The van der Waals surface area contributed by atoms with E-state index in [1.54, 1.807) is 0 Å². The van der Waals surface area contributed by atoms with Crippen LogP contribution in [0.25, 0.3) is 0 Å². The monoisotopic (exact) mass is 201 g/mol. The molecule has 0 bridgehead atoms. The predicted molar refractivity (Wildman–Crippen MR) is 57.1 cm³/mol. The summed E-state index contributed by atoms with van der Waals surface area (Å²) in [5.74, 6) is 0.454. The summed E-state index contributed by atoms with van der Waals surface area (Å²) in [5.41, 5.74) is 0.0321. The highest BCUT2D eigenvalue weighted by molar-refractivity contribution is 4.82. The first kappa shape index (κ1) is 12.0. The highest BCUT2D eigenvalue weighted by Crippen LogP contribution is 2.25. The van der Waals surface area contributed by atoms with Crippen molar-refractivity contribution in [2.24, 2.45) is 11.3 Å². The Kier molecular flexibility index (Phi) is 4.35. The maximum atomic E-state index is 9.29. The average molecular weight is 201 g/mol. The summed E-state index contributed by atoms with van der Waals surface area (Å²) >= 11 is 0. The number of likely N-dealkylation sites (tertiary alicyclic amines) is 1. The number of aliphatic hydroxyl groups is 2. The number of nitrogens with zero attached hydrogens (tertiary/aromatic N) is 1. The van der Waals surface area contributed by atoms with Crippen LogP contribution < -0.4 is 0 Å². The minimum Gasteiger partial charge on any atom is -0.396 e. The minimum atomic E-state index is 0.0321. The second kappa shape index (κ2) is 5.10. The van der Waals surface area contributed by atoms with Crippen LogP contribution in [0.4, 0.5) is 0 Å². The van der Waals surface area contributed by atoms with E-state index in [-0.39, 0.29) is 12.0 Å². The molecule has 3 heteroatoms. The SMILES string of the molecule is CCC(C)(CO)CN1CCC(CO)C1. The van der Waals surface area contributed by atoms with E-state index in [0.29, 0.717) is 12.5 Å². The molecule has 2 unspecified atom stereocenters. The van der Waals surface area contributed by atoms with Crippen molar-refractivity contribution in [1.29, 1.82) is 0 Å². The van der Waals surface area contributed by atoms with Gasteiger partial charge >= 0.3 is 0 Å². The molecule has 1 aliphatic heterocycles. The van der Waals surface area contributed by atoms with Gasteiger partial charge in [-0.15, -0.1) is 0 Å². The maximum Gasteiger partial charge on any atom is 0.0496 e. The van der Waals surface area contributed by atoms with Crippen molar-refractivity contribution in [3.63, 3.8) is 0 Å². The van der Waals surface area contributed by atoms with Crippen LogP contribution in [0.3, 0.4) is 0 Å². The van der Waals surface area contributed by atoms with E-state index >= 15 is 0 Å². The molecule has 1 rings (SSSR count). The summed E-state index contributed by atoms with van der Waals surface area (Å²) in [7, 11) is 0. The molecule has 0 saturated carbocycles. The molecular formula is C11H23NO2. The Morgan fingerprint density at radius 2 is 2.14 bits per heavy atom. The Bertz CT molecular complexity index is 169. The average Bonchev–Trinajstić information content (AvgIpc) is 2.65. The molecule has 0 amide bonds. The van der Waals surface area contributed by atoms with Crippen molar-refractivity contribution in [3.05, 3.63) is 0 Å². The van der Waals surface area contributed by atoms with Crippen molar-refractivity contribution in [2.45, 2.75) is 26.7 Å². The molecule has 1 fully saturated rings. The standard InChI is InChI=1S/C11H23NO2/c1-3-11(2,9-14)8-12-5-4-10(6-12)7-13/h10,13-14H,3-9H2,1-2H3. The molecular weight excluding hydrogens is 178 g/mol. The second-order valence-corrected chi connectivity index (χ2v) is 4.89. The number of rotatable bonds is 5. The fraction of sp³-hybridized carbons (Fsp3) is 1.00. The predicted octanol–water partition coefficient (Wildman–Crippen LogP) is 0.709. The molecule has 1 heterocycles. The highest BCUT2D eigenvalue weighted by Gasteiger charge is 2.29. The second-order valence-electron chi connectivity index (χ2n) is 4.89. The Hall–Kier alpha value is -0.120. The zero-order valence-electron chi connectivity index (χ0n) is 9.37. The molecule has 0 aromatic carbocycles. The lowest BCUT2D eigenvalue weighted by Gasteiger charge is -2.31. The van der Waals surface area contributed by atoms with Gasteiger partial charge < -0.3 is 15.1 Å². The third kappa shape index (κ3) is 2.94. The van der Waals surface area contributed by atoms with Gasteiger partial charge in [-0.2, -0.15) is 0 Å². The van der Waals surface area contributed by atoms with Gasteiger partial charge in [0, 0.05) is 31.7 Å². The molecule has 1 saturated heterocycles. The van der Waals surface area contributed by atoms with E-state index in [2.05, 4.69) is 18.7 Å². The molecule has 0 aliphatic carbocycles. The largest absolute Gasteiger partial charge is 0.396 e. The van der Waals surface area contributed by atoms with E-state index in [9.17, 15) is 5.11 Å². The summed E-state index contributed by atoms with van der Waals surface area (Å²) in [5, 5.41) is 18.3. The van der Waals surface area contributed by atoms with E-state index in [0.717, 1.165) is 32.5 Å². The van der Waals surface area contributed by atoms with Gasteiger partial charge in [0.15, 0.2) is 0 Å². The van der Waals surface area contributed by atoms with E-state index in [1.165, 1.54) is 0 Å². The van der Waals surface area contributed by atoms with Crippen molar-refractivity contribution in [1.82, 2.24) is 4.90 Å². The van der Waals surface area contributed by atoms with E-state index < -0.39 is 0 Å². The molecule has 0 aromatic rings. The number of aliphatic hydroxyl groups excluding tert-OH is 2. The van der Waals surface area contributed by atoms with Crippen LogP contribution in [-0.4, -0.2) is 48.0 Å². The normalized spacial score (nSPS) is 27.9. The van der Waals surface area contributed by atoms with Gasteiger partial charge in [-0.25, -0.2) is 0 Å². The van der Waals surface area contributed by atoms with E-state index in [4.69, 9.17) is 5.11 Å². The smallest absolute Gasteiger partial charge is 0.0496 e. The van der Waals surface area contributed by atoms with Crippen molar-refractivity contribution in [2.75, 3.05) is 32.8 Å². The van der Waals surface area contributed by atoms with Gasteiger partial charge in [-0.1, -0.05) is 13.8 Å². The Balaban J connectivity index is 2.37.